The molecule has 0 aromatic heterocycles. The molecule has 5 heteroatoms. The largest absolute Gasteiger partial charge is 0.484 e. The minimum absolute atomic E-state index is 0.00810. The average molecular weight is 190 g/mol. The van der Waals surface area contributed by atoms with Gasteiger partial charge in [0.05, 0.1) is 13.5 Å². The lowest BCUT2D eigenvalue weighted by Gasteiger charge is -2.09. The van der Waals surface area contributed by atoms with E-state index in [-0.39, 0.29) is 12.3 Å². The molecule has 0 aromatic rings. The van der Waals surface area contributed by atoms with Crippen LogP contribution >= 0.6 is 34.8 Å². The quantitative estimate of drug-likeness (QED) is 0.384. The first kappa shape index (κ1) is 9.34. The summed E-state index contributed by atoms with van der Waals surface area (Å²) in [6.45, 7) is 0. The summed E-state index contributed by atoms with van der Waals surface area (Å²) in [5.41, 5.74) is 0. The van der Waals surface area contributed by atoms with Crippen LogP contribution in [0.4, 0.5) is 0 Å². The van der Waals surface area contributed by atoms with Gasteiger partial charge in [-0.15, -0.1) is 0 Å². The zero-order valence-electron chi connectivity index (χ0n) is 4.75. The Hall–Kier alpha value is 0.340. The van der Waals surface area contributed by atoms with E-state index in [4.69, 9.17) is 40.2 Å². The van der Waals surface area contributed by atoms with Crippen molar-refractivity contribution in [1.82, 2.24) is 0 Å². The van der Waals surface area contributed by atoms with Gasteiger partial charge < -0.3 is 4.74 Å². The zero-order valence-corrected chi connectivity index (χ0v) is 7.02. The van der Waals surface area contributed by atoms with Gasteiger partial charge in [0.2, 0.25) is 0 Å². The van der Waals surface area contributed by atoms with Gasteiger partial charge in [0.1, 0.15) is 0 Å². The molecule has 0 atom stereocenters. The SMILES string of the molecule is COC(=N)CC(Cl)(Cl)Cl. The van der Waals surface area contributed by atoms with Crippen LogP contribution in [0.15, 0.2) is 0 Å². The third kappa shape index (κ3) is 6.22. The van der Waals surface area contributed by atoms with Gasteiger partial charge in [-0.2, -0.15) is 0 Å². The minimum atomic E-state index is -1.41. The monoisotopic (exact) mass is 189 g/mol. The fraction of sp³-hybridized carbons (Fsp3) is 0.750. The highest BCUT2D eigenvalue weighted by Gasteiger charge is 2.22. The Balaban J connectivity index is 3.60. The lowest BCUT2D eigenvalue weighted by atomic mass is 10.5. The Bertz CT molecular complexity index is 109. The molecule has 1 N–H and O–H groups in total. The molecule has 54 valence electrons. The van der Waals surface area contributed by atoms with Gasteiger partial charge >= 0.3 is 0 Å². The number of hydrogen-bond acceptors (Lipinski definition) is 2. The summed E-state index contributed by atoms with van der Waals surface area (Å²) < 4.78 is 3.05. The van der Waals surface area contributed by atoms with E-state index in [2.05, 4.69) is 4.74 Å². The highest BCUT2D eigenvalue weighted by Crippen LogP contribution is 2.30. The van der Waals surface area contributed by atoms with Crippen molar-refractivity contribution in [2.24, 2.45) is 0 Å². The summed E-state index contributed by atoms with van der Waals surface area (Å²) in [6, 6.07) is 0. The molecular weight excluding hydrogens is 184 g/mol. The molecule has 0 rings (SSSR count). The number of hydrogen-bond donors (Lipinski definition) is 1. The minimum Gasteiger partial charge on any atom is -0.484 e. The van der Waals surface area contributed by atoms with Crippen LogP contribution in [0.5, 0.6) is 0 Å². The molecule has 0 saturated carbocycles. The Morgan fingerprint density at radius 2 is 2.00 bits per heavy atom. The molecule has 2 nitrogen and oxygen atoms in total. The first-order valence-electron chi connectivity index (χ1n) is 2.14. The molecule has 0 aliphatic heterocycles. The Kier molecular flexibility index (Phi) is 3.63. The van der Waals surface area contributed by atoms with Gasteiger partial charge in [0, 0.05) is 0 Å². The van der Waals surface area contributed by atoms with E-state index in [0.29, 0.717) is 0 Å². The molecule has 0 spiro atoms. The Morgan fingerprint density at radius 1 is 1.56 bits per heavy atom. The maximum atomic E-state index is 6.92. The van der Waals surface area contributed by atoms with Crippen molar-refractivity contribution >= 4 is 40.7 Å². The highest BCUT2D eigenvalue weighted by molar-refractivity contribution is 6.68. The second-order valence-corrected chi connectivity index (χ2v) is 3.94. The van der Waals surface area contributed by atoms with E-state index in [0.717, 1.165) is 0 Å². The van der Waals surface area contributed by atoms with Crippen LogP contribution in [0.1, 0.15) is 6.42 Å². The number of nitrogens with one attached hydrogen (secondary N) is 1. The Morgan fingerprint density at radius 3 is 2.11 bits per heavy atom. The van der Waals surface area contributed by atoms with Gasteiger partial charge in [-0.05, 0) is 0 Å². The number of halogens is 3. The number of methoxy groups -OCH3 is 1. The third-order valence-corrected chi connectivity index (χ3v) is 1.01. The van der Waals surface area contributed by atoms with Gasteiger partial charge in [0.25, 0.3) is 0 Å². The second kappa shape index (κ2) is 3.49. The van der Waals surface area contributed by atoms with Crippen LogP contribution < -0.4 is 0 Å². The topological polar surface area (TPSA) is 33.1 Å². The van der Waals surface area contributed by atoms with E-state index >= 15 is 0 Å². The summed E-state index contributed by atoms with van der Waals surface area (Å²) in [5, 5.41) is 6.92. The van der Waals surface area contributed by atoms with Crippen LogP contribution in [0.3, 0.4) is 0 Å². The van der Waals surface area contributed by atoms with Crippen LogP contribution in [0, 0.1) is 5.41 Å². The van der Waals surface area contributed by atoms with Crippen molar-refractivity contribution in [2.45, 2.75) is 10.2 Å². The summed E-state index contributed by atoms with van der Waals surface area (Å²) >= 11 is 16.0. The molecule has 9 heavy (non-hydrogen) atoms. The summed E-state index contributed by atoms with van der Waals surface area (Å²) in [7, 11) is 1.36. The van der Waals surface area contributed by atoms with E-state index < -0.39 is 3.79 Å². The zero-order chi connectivity index (χ0) is 7.49. The number of ether oxygens (including phenoxy) is 1. The maximum Gasteiger partial charge on any atom is 0.199 e. The standard InChI is InChI=1S/C4H6Cl3NO/c1-9-3(8)2-4(5,6)7/h8H,2H2,1H3. The molecule has 0 radical (unpaired) electrons. The molecule has 0 aromatic carbocycles. The summed E-state index contributed by atoms with van der Waals surface area (Å²) in [5.74, 6) is -0.0324. The first-order chi connectivity index (χ1) is 3.95. The van der Waals surface area contributed by atoms with Crippen LogP contribution in [0.25, 0.3) is 0 Å². The smallest absolute Gasteiger partial charge is 0.199 e. The van der Waals surface area contributed by atoms with E-state index in [1.807, 2.05) is 0 Å². The fourth-order valence-corrected chi connectivity index (χ4v) is 0.618. The molecule has 0 bridgehead atoms. The first-order valence-corrected chi connectivity index (χ1v) is 3.27. The molecule has 0 saturated heterocycles. The van der Waals surface area contributed by atoms with Crippen molar-refractivity contribution in [2.75, 3.05) is 7.11 Å². The fourth-order valence-electron chi connectivity index (χ4n) is 0.254. The van der Waals surface area contributed by atoms with Crippen molar-refractivity contribution in [3.63, 3.8) is 0 Å². The lowest BCUT2D eigenvalue weighted by molar-refractivity contribution is 0.386. The molecular formula is C4H6Cl3NO. The second-order valence-electron chi connectivity index (χ2n) is 1.42. The van der Waals surface area contributed by atoms with Gasteiger partial charge in [-0.3, -0.25) is 5.41 Å². The highest BCUT2D eigenvalue weighted by atomic mass is 35.6. The molecule has 0 unspecified atom stereocenters. The van der Waals surface area contributed by atoms with E-state index in [9.17, 15) is 0 Å². The van der Waals surface area contributed by atoms with Crippen molar-refractivity contribution in [3.8, 4) is 0 Å². The van der Waals surface area contributed by atoms with Crippen molar-refractivity contribution in [1.29, 1.82) is 5.41 Å². The van der Waals surface area contributed by atoms with Gasteiger partial charge in [0.15, 0.2) is 9.69 Å². The van der Waals surface area contributed by atoms with E-state index in [1.165, 1.54) is 7.11 Å². The number of rotatable bonds is 1. The average Bonchev–Trinajstić information content (AvgIpc) is 1.62. The van der Waals surface area contributed by atoms with E-state index in [1.54, 1.807) is 0 Å². The predicted molar refractivity (Wildman–Crippen MR) is 39.6 cm³/mol. The van der Waals surface area contributed by atoms with Crippen LogP contribution in [-0.4, -0.2) is 16.8 Å². The molecule has 0 fully saturated rings. The van der Waals surface area contributed by atoms with Crippen LogP contribution in [0.2, 0.25) is 0 Å². The molecule has 0 aliphatic carbocycles. The normalized spacial score (nSPS) is 11.1. The van der Waals surface area contributed by atoms with Crippen molar-refractivity contribution in [3.05, 3.63) is 0 Å². The summed E-state index contributed by atoms with van der Waals surface area (Å²) in [6.07, 6.45) is 0.00810. The van der Waals surface area contributed by atoms with Crippen LogP contribution in [-0.2, 0) is 4.74 Å². The number of alkyl halides is 3. The lowest BCUT2D eigenvalue weighted by Crippen LogP contribution is -2.11. The van der Waals surface area contributed by atoms with Gasteiger partial charge in [-0.1, -0.05) is 34.8 Å². The predicted octanol–water partition coefficient (Wildman–Crippen LogP) is 2.37. The Labute approximate surface area is 68.5 Å². The molecule has 0 heterocycles. The molecule has 0 amide bonds. The molecule has 0 aliphatic rings. The summed E-state index contributed by atoms with van der Waals surface area (Å²) in [4.78, 5) is 0. The third-order valence-electron chi connectivity index (χ3n) is 0.607. The maximum absolute atomic E-state index is 6.92. The van der Waals surface area contributed by atoms with Gasteiger partial charge in [-0.25, -0.2) is 0 Å². The van der Waals surface area contributed by atoms with Crippen molar-refractivity contribution < 1.29 is 4.74 Å².